The Hall–Kier alpha value is -3.36. The first-order valence-corrected chi connectivity index (χ1v) is 13.9. The predicted molar refractivity (Wildman–Crippen MR) is 156 cm³/mol. The number of pyridine rings is 1. The summed E-state index contributed by atoms with van der Waals surface area (Å²) in [5, 5.41) is 16.5. The van der Waals surface area contributed by atoms with E-state index < -0.39 is 5.97 Å². The number of aryl methyl sites for hydroxylation is 1. The Balaban J connectivity index is 1.65. The van der Waals surface area contributed by atoms with E-state index in [1.54, 1.807) is 5.01 Å². The molecular weight excluding hydrogens is 610 g/mol. The molecule has 1 N–H and O–H groups in total. The molecule has 0 aliphatic carbocycles. The molecule has 8 heteroatoms. The van der Waals surface area contributed by atoms with Crippen LogP contribution in [0.4, 0.5) is 0 Å². The molecule has 0 unspecified atom stereocenters. The zero-order valence-corrected chi connectivity index (χ0v) is 23.9. The quantitative estimate of drug-likeness (QED) is 0.226. The molecule has 2 heterocycles. The van der Waals surface area contributed by atoms with Crippen LogP contribution in [0, 0.1) is 6.92 Å². The molecule has 38 heavy (non-hydrogen) atoms. The van der Waals surface area contributed by atoms with Gasteiger partial charge in [0.15, 0.2) is 0 Å². The van der Waals surface area contributed by atoms with Gasteiger partial charge in [0.1, 0.15) is 0 Å². The summed E-state index contributed by atoms with van der Waals surface area (Å²) in [5.41, 5.74) is 6.48. The molecule has 1 amide bonds. The Labute approximate surface area is 237 Å². The van der Waals surface area contributed by atoms with E-state index in [1.165, 1.54) is 0 Å². The largest absolute Gasteiger partial charge is 0.481 e. The van der Waals surface area contributed by atoms with Crippen LogP contribution in [0.3, 0.4) is 0 Å². The standard InChI is InChI=1S/C30H25Br2N3O3/c1-18-29(30(20-6-3-2-4-7-20)23-16-22(32)14-15-24(23)33-18)25-17-26(19-10-12-21(31)13-11-19)35(34-25)27(36)8-5-9-28(37)38/h2-4,6-7,10-16,26H,5,8-9,17H2,1H3,(H,37,38)/t26-/m1/s1. The molecule has 192 valence electrons. The van der Waals surface area contributed by atoms with Crippen molar-refractivity contribution in [3.05, 3.63) is 98.6 Å². The second-order valence-corrected chi connectivity index (χ2v) is 11.1. The predicted octanol–water partition coefficient (Wildman–Crippen LogP) is 7.67. The molecule has 6 nitrogen and oxygen atoms in total. The van der Waals surface area contributed by atoms with Gasteiger partial charge in [0.05, 0.1) is 17.3 Å². The normalized spacial score (nSPS) is 15.1. The average Bonchev–Trinajstić information content (AvgIpc) is 3.34. The maximum Gasteiger partial charge on any atom is 0.303 e. The van der Waals surface area contributed by atoms with E-state index in [4.69, 9.17) is 15.2 Å². The van der Waals surface area contributed by atoms with Crippen LogP contribution in [0.1, 0.15) is 48.5 Å². The van der Waals surface area contributed by atoms with E-state index in [9.17, 15) is 9.59 Å². The number of carboxylic acids is 1. The number of amides is 1. The minimum Gasteiger partial charge on any atom is -0.481 e. The molecule has 1 aliphatic rings. The molecule has 0 radical (unpaired) electrons. The van der Waals surface area contributed by atoms with Crippen LogP contribution in [-0.2, 0) is 9.59 Å². The van der Waals surface area contributed by atoms with Crippen LogP contribution >= 0.6 is 31.9 Å². The van der Waals surface area contributed by atoms with Crippen molar-refractivity contribution in [2.24, 2.45) is 5.10 Å². The summed E-state index contributed by atoms with van der Waals surface area (Å²) in [6.45, 7) is 1.98. The Bertz CT molecular complexity index is 1550. The summed E-state index contributed by atoms with van der Waals surface area (Å²) in [5.74, 6) is -1.10. The van der Waals surface area contributed by atoms with Gasteiger partial charge in [0.25, 0.3) is 0 Å². The van der Waals surface area contributed by atoms with Gasteiger partial charge in [-0.25, -0.2) is 5.01 Å². The van der Waals surface area contributed by atoms with Crippen molar-refractivity contribution in [1.29, 1.82) is 0 Å². The van der Waals surface area contributed by atoms with Gasteiger partial charge in [-0.2, -0.15) is 5.10 Å². The number of carbonyl (C=O) groups excluding carboxylic acids is 1. The number of fused-ring (bicyclic) bond motifs is 1. The van der Waals surface area contributed by atoms with Gasteiger partial charge in [-0.15, -0.1) is 0 Å². The number of aromatic nitrogens is 1. The summed E-state index contributed by atoms with van der Waals surface area (Å²) in [6.07, 6.45) is 0.847. The third-order valence-electron chi connectivity index (χ3n) is 6.68. The van der Waals surface area contributed by atoms with E-state index in [2.05, 4.69) is 50.1 Å². The van der Waals surface area contributed by atoms with E-state index >= 15 is 0 Å². The van der Waals surface area contributed by atoms with Gasteiger partial charge in [-0.05, 0) is 54.8 Å². The van der Waals surface area contributed by atoms with Gasteiger partial charge < -0.3 is 5.11 Å². The molecular formula is C30H25Br2N3O3. The second-order valence-electron chi connectivity index (χ2n) is 9.28. The number of halogens is 2. The molecule has 1 aliphatic heterocycles. The second kappa shape index (κ2) is 11.2. The number of rotatable bonds is 7. The zero-order chi connectivity index (χ0) is 26.8. The Morgan fingerprint density at radius 3 is 2.37 bits per heavy atom. The number of benzene rings is 3. The van der Waals surface area contributed by atoms with Gasteiger partial charge in [0.2, 0.25) is 5.91 Å². The fraction of sp³-hybridized carbons (Fsp3) is 0.200. The molecule has 1 atom stereocenters. The lowest BCUT2D eigenvalue weighted by molar-refractivity contribution is -0.137. The molecule has 3 aromatic carbocycles. The lowest BCUT2D eigenvalue weighted by Gasteiger charge is -2.22. The summed E-state index contributed by atoms with van der Waals surface area (Å²) in [6, 6.07) is 23.8. The highest BCUT2D eigenvalue weighted by Crippen LogP contribution is 2.40. The number of nitrogens with zero attached hydrogens (tertiary/aromatic N) is 3. The smallest absolute Gasteiger partial charge is 0.303 e. The molecule has 0 fully saturated rings. The average molecular weight is 635 g/mol. The minimum atomic E-state index is -0.913. The van der Waals surface area contributed by atoms with E-state index in [-0.39, 0.29) is 31.2 Å². The van der Waals surface area contributed by atoms with E-state index in [1.807, 2.05) is 61.5 Å². The fourth-order valence-electron chi connectivity index (χ4n) is 4.96. The Kier molecular flexibility index (Phi) is 7.72. The van der Waals surface area contributed by atoms with Crippen LogP contribution in [-0.4, -0.2) is 32.7 Å². The number of carboxylic acid groups (broad SMARTS) is 1. The number of hydrogen-bond donors (Lipinski definition) is 1. The lowest BCUT2D eigenvalue weighted by atomic mass is 9.89. The van der Waals surface area contributed by atoms with Crippen molar-refractivity contribution in [3.63, 3.8) is 0 Å². The summed E-state index contributed by atoms with van der Waals surface area (Å²) in [7, 11) is 0. The monoisotopic (exact) mass is 633 g/mol. The summed E-state index contributed by atoms with van der Waals surface area (Å²) >= 11 is 7.11. The van der Waals surface area contributed by atoms with Crippen LogP contribution < -0.4 is 0 Å². The molecule has 5 rings (SSSR count). The van der Waals surface area contributed by atoms with Crippen LogP contribution in [0.25, 0.3) is 22.0 Å². The SMILES string of the molecule is Cc1nc2ccc(Br)cc2c(-c2ccccc2)c1C1=NN(C(=O)CCCC(=O)O)[C@@H](c2ccc(Br)cc2)C1. The molecule has 4 aromatic rings. The number of carbonyl (C=O) groups is 2. The number of hydrazone groups is 1. The van der Waals surface area contributed by atoms with Gasteiger partial charge >= 0.3 is 5.97 Å². The van der Waals surface area contributed by atoms with Crippen molar-refractivity contribution in [3.8, 4) is 11.1 Å². The fourth-order valence-corrected chi connectivity index (χ4v) is 5.58. The molecule has 0 spiro atoms. The first kappa shape index (κ1) is 26.3. The Morgan fingerprint density at radius 2 is 1.66 bits per heavy atom. The van der Waals surface area contributed by atoms with E-state index in [0.29, 0.717) is 6.42 Å². The molecule has 0 saturated carbocycles. The van der Waals surface area contributed by atoms with Crippen molar-refractivity contribution >= 4 is 60.4 Å². The minimum absolute atomic E-state index is 0.0557. The molecule has 0 saturated heterocycles. The molecule has 1 aromatic heterocycles. The third-order valence-corrected chi connectivity index (χ3v) is 7.70. The van der Waals surface area contributed by atoms with Crippen molar-refractivity contribution < 1.29 is 14.7 Å². The van der Waals surface area contributed by atoms with Gasteiger partial charge in [-0.3, -0.25) is 14.6 Å². The number of hydrogen-bond acceptors (Lipinski definition) is 4. The maximum absolute atomic E-state index is 13.3. The van der Waals surface area contributed by atoms with Gasteiger partial charge in [0, 0.05) is 50.4 Å². The van der Waals surface area contributed by atoms with Crippen molar-refractivity contribution in [2.75, 3.05) is 0 Å². The van der Waals surface area contributed by atoms with E-state index in [0.717, 1.165) is 53.5 Å². The lowest BCUT2D eigenvalue weighted by Crippen LogP contribution is -2.27. The zero-order valence-electron chi connectivity index (χ0n) is 20.7. The first-order chi connectivity index (χ1) is 18.3. The third kappa shape index (κ3) is 5.42. The highest BCUT2D eigenvalue weighted by molar-refractivity contribution is 9.10. The number of aliphatic carboxylic acids is 1. The van der Waals surface area contributed by atoms with Crippen molar-refractivity contribution in [2.45, 2.75) is 38.6 Å². The van der Waals surface area contributed by atoms with Crippen LogP contribution in [0.15, 0.2) is 86.8 Å². The van der Waals surface area contributed by atoms with Gasteiger partial charge in [-0.1, -0.05) is 74.3 Å². The molecule has 0 bridgehead atoms. The first-order valence-electron chi connectivity index (χ1n) is 12.3. The summed E-state index contributed by atoms with van der Waals surface area (Å²) < 4.78 is 1.90. The highest BCUT2D eigenvalue weighted by Gasteiger charge is 2.35. The topological polar surface area (TPSA) is 82.9 Å². The maximum atomic E-state index is 13.3. The van der Waals surface area contributed by atoms with Crippen molar-refractivity contribution in [1.82, 2.24) is 9.99 Å². The highest BCUT2D eigenvalue weighted by atomic mass is 79.9. The Morgan fingerprint density at radius 1 is 0.947 bits per heavy atom. The summed E-state index contributed by atoms with van der Waals surface area (Å²) in [4.78, 5) is 29.3. The van der Waals surface area contributed by atoms with Crippen LogP contribution in [0.2, 0.25) is 0 Å². The van der Waals surface area contributed by atoms with Crippen LogP contribution in [0.5, 0.6) is 0 Å².